The number of rotatable bonds is 5. The summed E-state index contributed by atoms with van der Waals surface area (Å²) in [6.07, 6.45) is -4.46. The van der Waals surface area contributed by atoms with Crippen molar-refractivity contribution < 1.29 is 32.5 Å². The van der Waals surface area contributed by atoms with Crippen LogP contribution in [0, 0.1) is 0 Å². The zero-order valence-electron chi connectivity index (χ0n) is 9.03. The van der Waals surface area contributed by atoms with Gasteiger partial charge in [0.2, 0.25) is 0 Å². The van der Waals surface area contributed by atoms with E-state index in [2.05, 4.69) is 4.74 Å². The predicted octanol–water partition coefficient (Wildman–Crippen LogP) is 1.88. The summed E-state index contributed by atoms with van der Waals surface area (Å²) in [6, 6.07) is 3.73. The van der Waals surface area contributed by atoms with Gasteiger partial charge in [-0.2, -0.15) is 13.2 Å². The van der Waals surface area contributed by atoms with Crippen molar-refractivity contribution in [3.63, 3.8) is 0 Å². The zero-order valence-corrected chi connectivity index (χ0v) is 9.03. The molecule has 0 aliphatic heterocycles. The molecule has 0 heterocycles. The molecule has 100 valence electrons. The lowest BCUT2D eigenvalue weighted by Crippen LogP contribution is -2.19. The monoisotopic (exact) mass is 265 g/mol. The Morgan fingerprint density at radius 1 is 1.39 bits per heavy atom. The molecule has 0 saturated heterocycles. The van der Waals surface area contributed by atoms with Crippen LogP contribution >= 0.6 is 0 Å². The number of alkyl halides is 3. The lowest BCUT2D eigenvalue weighted by Gasteiger charge is -2.11. The van der Waals surface area contributed by atoms with Gasteiger partial charge in [0.1, 0.15) is 17.9 Å². The second kappa shape index (κ2) is 5.58. The van der Waals surface area contributed by atoms with Gasteiger partial charge in [-0.05, 0) is 12.1 Å². The third-order valence-corrected chi connectivity index (χ3v) is 1.80. The minimum absolute atomic E-state index is 0.148. The SMILES string of the molecule is Nc1ccc(C(=O)O)c(OCOCC(F)(F)F)c1. The Bertz CT molecular complexity index is 434. The number of halogens is 3. The van der Waals surface area contributed by atoms with Crippen LogP contribution in [0.2, 0.25) is 0 Å². The average molecular weight is 265 g/mol. The Morgan fingerprint density at radius 3 is 2.61 bits per heavy atom. The molecule has 8 heteroatoms. The van der Waals surface area contributed by atoms with E-state index in [1.165, 1.54) is 18.2 Å². The molecular weight excluding hydrogens is 255 g/mol. The number of carboxylic acids is 1. The standard InChI is InChI=1S/C10H10F3NO4/c11-10(12,13)4-17-5-18-8-3-6(14)1-2-7(8)9(15)16/h1-3H,4-5,14H2,(H,15,16). The molecule has 18 heavy (non-hydrogen) atoms. The van der Waals surface area contributed by atoms with E-state index >= 15 is 0 Å². The third kappa shape index (κ3) is 4.50. The molecular formula is C10H10F3NO4. The van der Waals surface area contributed by atoms with E-state index in [4.69, 9.17) is 15.6 Å². The van der Waals surface area contributed by atoms with Crippen molar-refractivity contribution in [2.45, 2.75) is 6.18 Å². The number of carbonyl (C=O) groups is 1. The normalized spacial score (nSPS) is 11.3. The fraction of sp³-hybridized carbons (Fsp3) is 0.300. The van der Waals surface area contributed by atoms with Crippen molar-refractivity contribution in [2.75, 3.05) is 19.1 Å². The predicted molar refractivity (Wildman–Crippen MR) is 55.3 cm³/mol. The summed E-state index contributed by atoms with van der Waals surface area (Å²) < 4.78 is 44.3. The Morgan fingerprint density at radius 2 is 2.06 bits per heavy atom. The van der Waals surface area contributed by atoms with Gasteiger partial charge < -0.3 is 20.3 Å². The summed E-state index contributed by atoms with van der Waals surface area (Å²) in [5.74, 6) is -1.43. The molecule has 1 rings (SSSR count). The molecule has 0 aliphatic carbocycles. The molecule has 0 fully saturated rings. The van der Waals surface area contributed by atoms with Crippen LogP contribution in [0.3, 0.4) is 0 Å². The maximum absolute atomic E-state index is 11.8. The average Bonchev–Trinajstić information content (AvgIpc) is 2.22. The molecule has 0 saturated carbocycles. The Labute approximate surface area is 99.9 Å². The van der Waals surface area contributed by atoms with Gasteiger partial charge >= 0.3 is 12.1 Å². The van der Waals surface area contributed by atoms with Gasteiger partial charge in [-0.25, -0.2) is 4.79 Å². The highest BCUT2D eigenvalue weighted by Crippen LogP contribution is 2.22. The quantitative estimate of drug-likeness (QED) is 0.482. The summed E-state index contributed by atoms with van der Waals surface area (Å²) in [4.78, 5) is 10.8. The summed E-state index contributed by atoms with van der Waals surface area (Å²) in [5, 5.41) is 8.80. The Balaban J connectivity index is 2.61. The molecule has 0 aliphatic rings. The van der Waals surface area contributed by atoms with Crippen molar-refractivity contribution in [1.29, 1.82) is 0 Å². The van der Waals surface area contributed by atoms with Crippen LogP contribution in [-0.4, -0.2) is 30.7 Å². The van der Waals surface area contributed by atoms with Crippen molar-refractivity contribution in [3.8, 4) is 5.75 Å². The van der Waals surface area contributed by atoms with E-state index in [1.807, 2.05) is 0 Å². The van der Waals surface area contributed by atoms with E-state index in [0.29, 0.717) is 0 Å². The number of nitrogens with two attached hydrogens (primary N) is 1. The third-order valence-electron chi connectivity index (χ3n) is 1.80. The minimum atomic E-state index is -4.46. The van der Waals surface area contributed by atoms with E-state index in [0.717, 1.165) is 0 Å². The van der Waals surface area contributed by atoms with E-state index in [-0.39, 0.29) is 17.0 Å². The molecule has 0 spiro atoms. The Kier molecular flexibility index (Phi) is 4.38. The number of ether oxygens (including phenoxy) is 2. The number of aromatic carboxylic acids is 1. The molecule has 3 N–H and O–H groups in total. The van der Waals surface area contributed by atoms with Crippen molar-refractivity contribution in [3.05, 3.63) is 23.8 Å². The number of anilines is 1. The van der Waals surface area contributed by atoms with Gasteiger partial charge in [0.05, 0.1) is 0 Å². The molecule has 0 atom stereocenters. The molecule has 1 aromatic rings. The van der Waals surface area contributed by atoms with Crippen LogP contribution in [0.1, 0.15) is 10.4 Å². The summed E-state index contributed by atoms with van der Waals surface area (Å²) in [5.41, 5.74) is 5.43. The highest BCUT2D eigenvalue weighted by molar-refractivity contribution is 5.91. The first-order valence-corrected chi connectivity index (χ1v) is 4.70. The zero-order chi connectivity index (χ0) is 13.8. The van der Waals surface area contributed by atoms with Gasteiger partial charge in [-0.3, -0.25) is 0 Å². The highest BCUT2D eigenvalue weighted by atomic mass is 19.4. The molecule has 0 unspecified atom stereocenters. The van der Waals surface area contributed by atoms with Crippen LogP contribution < -0.4 is 10.5 Å². The molecule has 0 aromatic heterocycles. The summed E-state index contributed by atoms with van der Waals surface area (Å²) in [6.45, 7) is -2.19. The molecule has 0 amide bonds. The summed E-state index contributed by atoms with van der Waals surface area (Å²) >= 11 is 0. The number of carboxylic acid groups (broad SMARTS) is 1. The van der Waals surface area contributed by atoms with Crippen LogP contribution in [-0.2, 0) is 4.74 Å². The lowest BCUT2D eigenvalue weighted by molar-refractivity contribution is -0.186. The van der Waals surface area contributed by atoms with Crippen molar-refractivity contribution in [2.24, 2.45) is 0 Å². The van der Waals surface area contributed by atoms with Gasteiger partial charge in [0.15, 0.2) is 6.79 Å². The molecule has 5 nitrogen and oxygen atoms in total. The molecule has 0 bridgehead atoms. The van der Waals surface area contributed by atoms with E-state index in [1.54, 1.807) is 0 Å². The van der Waals surface area contributed by atoms with Gasteiger partial charge in [-0.15, -0.1) is 0 Å². The second-order valence-electron chi connectivity index (χ2n) is 3.29. The first-order chi connectivity index (χ1) is 8.29. The maximum atomic E-state index is 11.8. The van der Waals surface area contributed by atoms with Gasteiger partial charge in [-0.1, -0.05) is 0 Å². The van der Waals surface area contributed by atoms with E-state index < -0.39 is 25.5 Å². The highest BCUT2D eigenvalue weighted by Gasteiger charge is 2.27. The maximum Gasteiger partial charge on any atom is 0.411 e. The van der Waals surface area contributed by atoms with Gasteiger partial charge in [0, 0.05) is 11.8 Å². The molecule has 1 aromatic carbocycles. The first kappa shape index (κ1) is 14.1. The van der Waals surface area contributed by atoms with Crippen molar-refractivity contribution in [1.82, 2.24) is 0 Å². The van der Waals surface area contributed by atoms with Crippen LogP contribution in [0.15, 0.2) is 18.2 Å². The topological polar surface area (TPSA) is 81.8 Å². The van der Waals surface area contributed by atoms with Crippen LogP contribution in [0.25, 0.3) is 0 Å². The fourth-order valence-corrected chi connectivity index (χ4v) is 1.10. The number of hydrogen-bond acceptors (Lipinski definition) is 4. The number of hydrogen-bond donors (Lipinski definition) is 2. The Hall–Kier alpha value is -1.96. The number of benzene rings is 1. The van der Waals surface area contributed by atoms with Gasteiger partial charge in [0.25, 0.3) is 0 Å². The second-order valence-corrected chi connectivity index (χ2v) is 3.29. The summed E-state index contributed by atoms with van der Waals surface area (Å²) in [7, 11) is 0. The molecule has 0 radical (unpaired) electrons. The van der Waals surface area contributed by atoms with Crippen LogP contribution in [0.5, 0.6) is 5.75 Å². The largest absolute Gasteiger partial charge is 0.478 e. The smallest absolute Gasteiger partial charge is 0.411 e. The van der Waals surface area contributed by atoms with Crippen molar-refractivity contribution >= 4 is 11.7 Å². The van der Waals surface area contributed by atoms with E-state index in [9.17, 15) is 18.0 Å². The first-order valence-electron chi connectivity index (χ1n) is 4.70. The minimum Gasteiger partial charge on any atom is -0.478 e. The number of nitrogen functional groups attached to an aromatic ring is 1. The fourth-order valence-electron chi connectivity index (χ4n) is 1.10. The lowest BCUT2D eigenvalue weighted by atomic mass is 10.2. The van der Waals surface area contributed by atoms with Crippen LogP contribution in [0.4, 0.5) is 18.9 Å².